The van der Waals surface area contributed by atoms with Crippen LogP contribution in [-0.2, 0) is 32.0 Å². The summed E-state index contributed by atoms with van der Waals surface area (Å²) < 4.78 is 46.2. The minimum atomic E-state index is -3.46. The van der Waals surface area contributed by atoms with Gasteiger partial charge in [-0.3, -0.25) is 18.8 Å². The summed E-state index contributed by atoms with van der Waals surface area (Å²) in [5.74, 6) is -1.02. The highest BCUT2D eigenvalue weighted by molar-refractivity contribution is 7.54. The van der Waals surface area contributed by atoms with E-state index in [0.29, 0.717) is 0 Å². The molecule has 0 unspecified atom stereocenters. The predicted octanol–water partition coefficient (Wildman–Crippen LogP) is 3.21. The van der Waals surface area contributed by atoms with Gasteiger partial charge in [-0.1, -0.05) is 0 Å². The van der Waals surface area contributed by atoms with E-state index in [1.165, 1.54) is 4.90 Å². The van der Waals surface area contributed by atoms with Gasteiger partial charge < -0.3 is 23.2 Å². The van der Waals surface area contributed by atoms with Crippen LogP contribution in [0.5, 0.6) is 0 Å². The molecule has 144 valence electrons. The van der Waals surface area contributed by atoms with Gasteiger partial charge in [0.05, 0.1) is 32.8 Å². The van der Waals surface area contributed by atoms with E-state index in [-0.39, 0.29) is 52.0 Å². The maximum Gasteiger partial charge on any atom is 0.344 e. The first-order chi connectivity index (χ1) is 11.2. The van der Waals surface area contributed by atoms with Crippen LogP contribution in [0.1, 0.15) is 34.1 Å². The highest BCUT2D eigenvalue weighted by atomic mass is 31.2. The summed E-state index contributed by atoms with van der Waals surface area (Å²) in [5, 5.41) is 8.88. The van der Waals surface area contributed by atoms with Crippen molar-refractivity contribution in [3.05, 3.63) is 0 Å². The number of hydrogen-bond donors (Lipinski definition) is 1. The van der Waals surface area contributed by atoms with E-state index in [0.717, 1.165) is 0 Å². The molecule has 0 saturated carbocycles. The molecule has 0 rings (SSSR count). The molecule has 24 heavy (non-hydrogen) atoms. The fraction of sp³-hybridized carbons (Fsp3) is 0.923. The van der Waals surface area contributed by atoms with Crippen LogP contribution in [0.15, 0.2) is 0 Å². The van der Waals surface area contributed by atoms with Crippen LogP contribution < -0.4 is 0 Å². The summed E-state index contributed by atoms with van der Waals surface area (Å²) in [6, 6.07) is 0. The van der Waals surface area contributed by atoms with Crippen LogP contribution >= 0.6 is 15.2 Å². The van der Waals surface area contributed by atoms with E-state index in [4.69, 9.17) is 23.2 Å². The molecule has 0 saturated heterocycles. The first kappa shape index (κ1) is 23.7. The Labute approximate surface area is 143 Å². The SMILES string of the molecule is CCOP(=O)(CN(CCC(=O)O)CP(=O)(OCC)OCC)OCC. The van der Waals surface area contributed by atoms with Gasteiger partial charge in [0.1, 0.15) is 12.6 Å². The minimum Gasteiger partial charge on any atom is -0.481 e. The molecule has 0 aromatic rings. The molecule has 0 heterocycles. The van der Waals surface area contributed by atoms with Gasteiger partial charge in [0.2, 0.25) is 0 Å². The number of carbonyl (C=O) groups is 1. The molecule has 0 radical (unpaired) electrons. The minimum absolute atomic E-state index is 0.0175. The number of carboxylic acid groups (broad SMARTS) is 1. The fourth-order valence-corrected chi connectivity index (χ4v) is 5.62. The first-order valence-corrected chi connectivity index (χ1v) is 11.4. The molecule has 0 bridgehead atoms. The quantitative estimate of drug-likeness (QED) is 0.422. The normalized spacial score (nSPS) is 12.7. The maximum atomic E-state index is 12.7. The number of hydrogen-bond acceptors (Lipinski definition) is 8. The molecule has 0 aliphatic carbocycles. The maximum absolute atomic E-state index is 12.7. The van der Waals surface area contributed by atoms with E-state index >= 15 is 0 Å². The van der Waals surface area contributed by atoms with Crippen molar-refractivity contribution >= 4 is 21.2 Å². The van der Waals surface area contributed by atoms with Crippen molar-refractivity contribution in [3.63, 3.8) is 0 Å². The van der Waals surface area contributed by atoms with Crippen molar-refractivity contribution in [2.75, 3.05) is 45.5 Å². The third kappa shape index (κ3) is 9.89. The second-order valence-electron chi connectivity index (χ2n) is 4.71. The Kier molecular flexibility index (Phi) is 12.0. The van der Waals surface area contributed by atoms with Gasteiger partial charge in [0, 0.05) is 6.54 Å². The van der Waals surface area contributed by atoms with Gasteiger partial charge in [-0.25, -0.2) is 0 Å². The second kappa shape index (κ2) is 12.1. The summed E-state index contributed by atoms with van der Waals surface area (Å²) in [5.41, 5.74) is 0. The average molecular weight is 389 g/mol. The van der Waals surface area contributed by atoms with Gasteiger partial charge in [0.25, 0.3) is 0 Å². The number of nitrogens with zero attached hydrogens (tertiary/aromatic N) is 1. The lowest BCUT2D eigenvalue weighted by Crippen LogP contribution is -2.30. The van der Waals surface area contributed by atoms with Crippen LogP contribution in [0.2, 0.25) is 0 Å². The van der Waals surface area contributed by atoms with Gasteiger partial charge in [-0.2, -0.15) is 0 Å². The van der Waals surface area contributed by atoms with Crippen LogP contribution in [0, 0.1) is 0 Å². The second-order valence-corrected chi connectivity index (χ2v) is 8.76. The third-order valence-corrected chi connectivity index (χ3v) is 6.79. The van der Waals surface area contributed by atoms with Crippen LogP contribution in [0.3, 0.4) is 0 Å². The largest absolute Gasteiger partial charge is 0.481 e. The zero-order chi connectivity index (χ0) is 18.6. The molecule has 0 atom stereocenters. The zero-order valence-corrected chi connectivity index (χ0v) is 16.6. The van der Waals surface area contributed by atoms with Crippen LogP contribution in [-0.4, -0.2) is 61.5 Å². The third-order valence-electron chi connectivity index (χ3n) is 2.69. The van der Waals surface area contributed by atoms with Crippen molar-refractivity contribution in [2.24, 2.45) is 0 Å². The Balaban J connectivity index is 5.22. The van der Waals surface area contributed by atoms with Crippen molar-refractivity contribution in [2.45, 2.75) is 34.1 Å². The van der Waals surface area contributed by atoms with Crippen LogP contribution in [0.25, 0.3) is 0 Å². The Morgan fingerprint density at radius 1 is 0.833 bits per heavy atom. The topological polar surface area (TPSA) is 112 Å². The average Bonchev–Trinajstić information content (AvgIpc) is 2.45. The van der Waals surface area contributed by atoms with Gasteiger partial charge in [0.15, 0.2) is 0 Å². The lowest BCUT2D eigenvalue weighted by molar-refractivity contribution is -0.137. The lowest BCUT2D eigenvalue weighted by atomic mass is 10.4. The molecular formula is C13H29NO8P2. The standard InChI is InChI=1S/C13H29NO8P2/c1-5-19-23(17,20-6-2)11-14(10-9-13(15)16)12-24(18,21-7-3)22-8-4/h5-12H2,1-4H3,(H,15,16). The molecule has 0 aromatic heterocycles. The summed E-state index contributed by atoms with van der Waals surface area (Å²) in [6.07, 6.45) is -0.589. The molecule has 0 fully saturated rings. The highest BCUT2D eigenvalue weighted by Crippen LogP contribution is 2.53. The smallest absolute Gasteiger partial charge is 0.344 e. The molecule has 11 heteroatoms. The van der Waals surface area contributed by atoms with Crippen LogP contribution in [0.4, 0.5) is 0 Å². The molecule has 1 N–H and O–H groups in total. The van der Waals surface area contributed by atoms with Crippen molar-refractivity contribution < 1.29 is 37.1 Å². The monoisotopic (exact) mass is 389 g/mol. The van der Waals surface area contributed by atoms with E-state index in [2.05, 4.69) is 0 Å². The predicted molar refractivity (Wildman–Crippen MR) is 90.4 cm³/mol. The number of aliphatic carboxylic acids is 1. The van der Waals surface area contributed by atoms with Crippen molar-refractivity contribution in [1.82, 2.24) is 4.90 Å². The summed E-state index contributed by atoms with van der Waals surface area (Å²) in [7, 11) is -6.92. The summed E-state index contributed by atoms with van der Waals surface area (Å²) in [4.78, 5) is 12.3. The van der Waals surface area contributed by atoms with E-state index < -0.39 is 21.2 Å². The molecular weight excluding hydrogens is 360 g/mol. The molecule has 0 aliphatic heterocycles. The van der Waals surface area contributed by atoms with Crippen molar-refractivity contribution in [3.8, 4) is 0 Å². The van der Waals surface area contributed by atoms with E-state index in [1.807, 2.05) is 0 Å². The van der Waals surface area contributed by atoms with Gasteiger partial charge in [-0.15, -0.1) is 0 Å². The Bertz CT molecular complexity index is 407. The Morgan fingerprint density at radius 3 is 1.42 bits per heavy atom. The molecule has 0 amide bonds. The Morgan fingerprint density at radius 2 is 1.17 bits per heavy atom. The summed E-state index contributed by atoms with van der Waals surface area (Å²) in [6.45, 7) is 7.45. The van der Waals surface area contributed by atoms with Gasteiger partial charge in [-0.05, 0) is 27.7 Å². The molecule has 0 aromatic carbocycles. The van der Waals surface area contributed by atoms with Crippen molar-refractivity contribution in [1.29, 1.82) is 0 Å². The van der Waals surface area contributed by atoms with E-state index in [9.17, 15) is 13.9 Å². The van der Waals surface area contributed by atoms with Gasteiger partial charge >= 0.3 is 21.2 Å². The molecule has 0 aliphatic rings. The highest BCUT2D eigenvalue weighted by Gasteiger charge is 2.33. The van der Waals surface area contributed by atoms with E-state index in [1.54, 1.807) is 27.7 Å². The lowest BCUT2D eigenvalue weighted by Gasteiger charge is -2.29. The fourth-order valence-electron chi connectivity index (χ4n) is 1.95. The zero-order valence-electron chi connectivity index (χ0n) is 14.8. The first-order valence-electron chi connectivity index (χ1n) is 7.94. The number of rotatable bonds is 15. The Hall–Kier alpha value is -0.270. The molecule has 0 spiro atoms. The number of carboxylic acids is 1. The summed E-state index contributed by atoms with van der Waals surface area (Å²) >= 11 is 0. The molecule has 9 nitrogen and oxygen atoms in total.